The molecule has 0 aromatic heterocycles. The van der Waals surface area contributed by atoms with Gasteiger partial charge in [0, 0.05) is 19.7 Å². The standard InChI is InChI=1S/C35H71NO3/c1-4-6-8-10-12-14-16-18-20-22-24-26-29-35(39-36-31-28-32-38-34-33-37-3)30-27-25-23-21-19-17-15-13-11-9-7-5-2/h31,35H,4-30,32-34H2,1-3H3/b36-31-. The third-order valence-corrected chi connectivity index (χ3v) is 7.87. The van der Waals surface area contributed by atoms with Gasteiger partial charge in [-0.2, -0.15) is 0 Å². The minimum Gasteiger partial charge on any atom is -0.393 e. The molecule has 0 radical (unpaired) electrons. The number of nitrogens with zero attached hydrogens (tertiary/aromatic N) is 1. The summed E-state index contributed by atoms with van der Waals surface area (Å²) in [6.07, 6.45) is 38.8. The Balaban J connectivity index is 3.90. The number of ether oxygens (including phenoxy) is 2. The summed E-state index contributed by atoms with van der Waals surface area (Å²) >= 11 is 0. The van der Waals surface area contributed by atoms with Gasteiger partial charge in [0.05, 0.1) is 19.8 Å². The molecule has 0 rings (SSSR count). The summed E-state index contributed by atoms with van der Waals surface area (Å²) in [5.41, 5.74) is 0. The van der Waals surface area contributed by atoms with E-state index in [1.54, 1.807) is 7.11 Å². The summed E-state index contributed by atoms with van der Waals surface area (Å²) in [6.45, 7) is 6.56. The van der Waals surface area contributed by atoms with Crippen molar-refractivity contribution >= 4 is 6.21 Å². The van der Waals surface area contributed by atoms with Gasteiger partial charge in [-0.1, -0.05) is 160 Å². The second-order valence-electron chi connectivity index (χ2n) is 11.8. The first-order valence-electron chi connectivity index (χ1n) is 17.6. The van der Waals surface area contributed by atoms with Crippen molar-refractivity contribution in [1.29, 1.82) is 0 Å². The van der Waals surface area contributed by atoms with E-state index in [0.29, 0.717) is 19.8 Å². The molecule has 0 aliphatic rings. The fourth-order valence-corrected chi connectivity index (χ4v) is 5.24. The van der Waals surface area contributed by atoms with Crippen LogP contribution in [-0.4, -0.2) is 39.2 Å². The molecule has 0 fully saturated rings. The Kier molecular flexibility index (Phi) is 34.9. The molecule has 0 aliphatic heterocycles. The highest BCUT2D eigenvalue weighted by atomic mass is 16.6. The highest BCUT2D eigenvalue weighted by Gasteiger charge is 2.09. The zero-order chi connectivity index (χ0) is 28.3. The number of hydrogen-bond acceptors (Lipinski definition) is 4. The summed E-state index contributed by atoms with van der Waals surface area (Å²) in [6, 6.07) is 0. The highest BCUT2D eigenvalue weighted by molar-refractivity contribution is 5.56. The van der Waals surface area contributed by atoms with Gasteiger partial charge in [0.25, 0.3) is 0 Å². The van der Waals surface area contributed by atoms with Gasteiger partial charge in [0.15, 0.2) is 0 Å². The van der Waals surface area contributed by atoms with Crippen LogP contribution in [0.2, 0.25) is 0 Å². The summed E-state index contributed by atoms with van der Waals surface area (Å²) in [7, 11) is 1.70. The van der Waals surface area contributed by atoms with E-state index >= 15 is 0 Å². The van der Waals surface area contributed by atoms with E-state index in [0.717, 1.165) is 19.3 Å². The topological polar surface area (TPSA) is 40.0 Å². The molecule has 0 heterocycles. The minimum absolute atomic E-state index is 0.280. The molecule has 0 aromatic rings. The van der Waals surface area contributed by atoms with Crippen molar-refractivity contribution in [3.8, 4) is 0 Å². The Hall–Kier alpha value is -0.610. The van der Waals surface area contributed by atoms with Gasteiger partial charge in [0.1, 0.15) is 6.10 Å². The Morgan fingerprint density at radius 3 is 1.26 bits per heavy atom. The average Bonchev–Trinajstić information content (AvgIpc) is 2.95. The van der Waals surface area contributed by atoms with Crippen LogP contribution >= 0.6 is 0 Å². The predicted molar refractivity (Wildman–Crippen MR) is 172 cm³/mol. The maximum atomic E-state index is 5.96. The molecule has 0 spiro atoms. The molecule has 39 heavy (non-hydrogen) atoms. The molecule has 4 nitrogen and oxygen atoms in total. The van der Waals surface area contributed by atoms with E-state index in [-0.39, 0.29) is 6.10 Å². The maximum absolute atomic E-state index is 5.96. The van der Waals surface area contributed by atoms with Crippen molar-refractivity contribution < 1.29 is 14.3 Å². The number of methoxy groups -OCH3 is 1. The minimum atomic E-state index is 0.280. The van der Waals surface area contributed by atoms with E-state index in [9.17, 15) is 0 Å². The zero-order valence-corrected chi connectivity index (χ0v) is 27.0. The van der Waals surface area contributed by atoms with Crippen molar-refractivity contribution in [3.05, 3.63) is 0 Å². The third-order valence-electron chi connectivity index (χ3n) is 7.87. The van der Waals surface area contributed by atoms with Crippen LogP contribution < -0.4 is 0 Å². The van der Waals surface area contributed by atoms with Crippen molar-refractivity contribution in [3.63, 3.8) is 0 Å². The second-order valence-corrected chi connectivity index (χ2v) is 11.8. The molecule has 234 valence electrons. The van der Waals surface area contributed by atoms with E-state index in [1.807, 2.05) is 6.21 Å². The Bertz CT molecular complexity index is 429. The summed E-state index contributed by atoms with van der Waals surface area (Å²) in [4.78, 5) is 5.96. The van der Waals surface area contributed by atoms with Crippen molar-refractivity contribution in [2.75, 3.05) is 26.9 Å². The molecule has 0 saturated carbocycles. The molecule has 0 bridgehead atoms. The molecule has 0 aliphatic carbocycles. The molecular formula is C35H71NO3. The number of rotatable bonds is 34. The third kappa shape index (κ3) is 33.5. The highest BCUT2D eigenvalue weighted by Crippen LogP contribution is 2.18. The maximum Gasteiger partial charge on any atom is 0.127 e. The van der Waals surface area contributed by atoms with Crippen LogP contribution in [0, 0.1) is 0 Å². The summed E-state index contributed by atoms with van der Waals surface area (Å²) < 4.78 is 10.5. The SMILES string of the molecule is CCCCCCCCCCCCCCC(CCCCCCCCCCCCCC)O/N=C\CCOCCOC. The van der Waals surface area contributed by atoms with Crippen molar-refractivity contribution in [1.82, 2.24) is 0 Å². The van der Waals surface area contributed by atoms with Crippen LogP contribution in [-0.2, 0) is 14.3 Å². The summed E-state index contributed by atoms with van der Waals surface area (Å²) in [5, 5.41) is 4.30. The van der Waals surface area contributed by atoms with Crippen molar-refractivity contribution in [2.45, 2.75) is 193 Å². The monoisotopic (exact) mass is 554 g/mol. The molecule has 0 unspecified atom stereocenters. The lowest BCUT2D eigenvalue weighted by Gasteiger charge is -2.15. The molecule has 0 N–H and O–H groups in total. The predicted octanol–water partition coefficient (Wildman–Crippen LogP) is 11.6. The van der Waals surface area contributed by atoms with Gasteiger partial charge in [-0.15, -0.1) is 0 Å². The Morgan fingerprint density at radius 1 is 0.487 bits per heavy atom. The van der Waals surface area contributed by atoms with Gasteiger partial charge in [-0.05, 0) is 25.7 Å². The number of oxime groups is 1. The first kappa shape index (κ1) is 38.4. The van der Waals surface area contributed by atoms with Gasteiger partial charge in [0.2, 0.25) is 0 Å². The van der Waals surface area contributed by atoms with Gasteiger partial charge >= 0.3 is 0 Å². The van der Waals surface area contributed by atoms with E-state index in [1.165, 1.54) is 154 Å². The van der Waals surface area contributed by atoms with Crippen LogP contribution in [0.25, 0.3) is 0 Å². The normalized spacial score (nSPS) is 11.8. The van der Waals surface area contributed by atoms with Crippen LogP contribution in [0.15, 0.2) is 5.16 Å². The Morgan fingerprint density at radius 2 is 0.872 bits per heavy atom. The molecular weight excluding hydrogens is 482 g/mol. The fourth-order valence-electron chi connectivity index (χ4n) is 5.24. The molecule has 0 saturated heterocycles. The summed E-state index contributed by atoms with van der Waals surface area (Å²) in [5.74, 6) is 0. The lowest BCUT2D eigenvalue weighted by Crippen LogP contribution is -2.10. The van der Waals surface area contributed by atoms with E-state index < -0.39 is 0 Å². The second kappa shape index (κ2) is 35.4. The molecule has 0 amide bonds. The van der Waals surface area contributed by atoms with Crippen LogP contribution in [0.3, 0.4) is 0 Å². The first-order valence-corrected chi connectivity index (χ1v) is 17.6. The smallest absolute Gasteiger partial charge is 0.127 e. The van der Waals surface area contributed by atoms with E-state index in [2.05, 4.69) is 19.0 Å². The van der Waals surface area contributed by atoms with Gasteiger partial charge < -0.3 is 14.3 Å². The zero-order valence-electron chi connectivity index (χ0n) is 27.0. The Labute approximate surface area is 245 Å². The lowest BCUT2D eigenvalue weighted by atomic mass is 10.0. The molecule has 0 aromatic carbocycles. The molecule has 4 heteroatoms. The van der Waals surface area contributed by atoms with Crippen LogP contribution in [0.4, 0.5) is 0 Å². The van der Waals surface area contributed by atoms with Gasteiger partial charge in [-0.3, -0.25) is 0 Å². The van der Waals surface area contributed by atoms with Crippen LogP contribution in [0.1, 0.15) is 187 Å². The lowest BCUT2D eigenvalue weighted by molar-refractivity contribution is 0.0426. The molecule has 0 atom stereocenters. The average molecular weight is 554 g/mol. The number of unbranched alkanes of at least 4 members (excludes halogenated alkanes) is 22. The number of hydrogen-bond donors (Lipinski definition) is 0. The van der Waals surface area contributed by atoms with Gasteiger partial charge in [-0.25, -0.2) is 0 Å². The quantitative estimate of drug-likeness (QED) is 0.0452. The van der Waals surface area contributed by atoms with E-state index in [4.69, 9.17) is 14.3 Å². The van der Waals surface area contributed by atoms with Crippen molar-refractivity contribution in [2.24, 2.45) is 5.16 Å². The fraction of sp³-hybridized carbons (Fsp3) is 0.971. The first-order chi connectivity index (χ1) is 19.3. The largest absolute Gasteiger partial charge is 0.393 e. The van der Waals surface area contributed by atoms with Crippen LogP contribution in [0.5, 0.6) is 0 Å².